The molecule has 0 radical (unpaired) electrons. The number of carbonyl (C=O) groups excluding carboxylic acids is 1. The van der Waals surface area contributed by atoms with E-state index in [1.54, 1.807) is 22.3 Å². The number of aromatic nitrogens is 3. The van der Waals surface area contributed by atoms with E-state index in [1.165, 1.54) is 0 Å². The molecule has 142 valence electrons. The molecular weight excluding hydrogens is 368 g/mol. The normalized spacial score (nSPS) is 17.6. The summed E-state index contributed by atoms with van der Waals surface area (Å²) in [5.41, 5.74) is 0.762. The molecule has 0 N–H and O–H groups in total. The fourth-order valence-corrected chi connectivity index (χ4v) is 3.54. The zero-order chi connectivity index (χ0) is 18.8. The third kappa shape index (κ3) is 3.93. The van der Waals surface area contributed by atoms with Crippen molar-refractivity contribution in [3.63, 3.8) is 0 Å². The van der Waals surface area contributed by atoms with Crippen LogP contribution in [0.15, 0.2) is 32.6 Å². The van der Waals surface area contributed by atoms with Crippen molar-refractivity contribution in [2.75, 3.05) is 19.7 Å². The largest absolute Gasteiger partial charge is 0.365 e. The summed E-state index contributed by atoms with van der Waals surface area (Å²) < 4.78 is 16.3. The Hall–Kier alpha value is -2.52. The van der Waals surface area contributed by atoms with Gasteiger partial charge in [-0.2, -0.15) is 4.98 Å². The second kappa shape index (κ2) is 7.61. The molecule has 4 rings (SSSR count). The summed E-state index contributed by atoms with van der Waals surface area (Å²) >= 11 is 1.65. The van der Waals surface area contributed by atoms with Gasteiger partial charge in [-0.3, -0.25) is 4.79 Å². The number of morpholine rings is 1. The number of thiophene rings is 1. The summed E-state index contributed by atoms with van der Waals surface area (Å²) in [5, 5.41) is 9.99. The summed E-state index contributed by atoms with van der Waals surface area (Å²) in [6.45, 7) is 5.20. The van der Waals surface area contributed by atoms with Crippen LogP contribution < -0.4 is 0 Å². The summed E-state index contributed by atoms with van der Waals surface area (Å²) in [5.74, 6) is 1.23. The highest BCUT2D eigenvalue weighted by atomic mass is 32.1. The van der Waals surface area contributed by atoms with E-state index in [4.69, 9.17) is 13.8 Å². The van der Waals surface area contributed by atoms with E-state index in [2.05, 4.69) is 15.3 Å². The summed E-state index contributed by atoms with van der Waals surface area (Å²) in [6.07, 6.45) is 0.173. The maximum absolute atomic E-state index is 12.7. The minimum atomic E-state index is -0.445. The van der Waals surface area contributed by atoms with Crippen LogP contribution in [0.2, 0.25) is 0 Å². The predicted octanol–water partition coefficient (Wildman–Crippen LogP) is 3.05. The quantitative estimate of drug-likeness (QED) is 0.663. The van der Waals surface area contributed by atoms with E-state index in [-0.39, 0.29) is 17.6 Å². The van der Waals surface area contributed by atoms with Gasteiger partial charge in [0.2, 0.25) is 5.76 Å². The van der Waals surface area contributed by atoms with Crippen molar-refractivity contribution in [3.8, 4) is 0 Å². The van der Waals surface area contributed by atoms with Crippen LogP contribution >= 0.6 is 11.3 Å². The Bertz CT molecular complexity index is 902. The van der Waals surface area contributed by atoms with Gasteiger partial charge >= 0.3 is 0 Å². The molecule has 1 aliphatic rings. The molecule has 1 fully saturated rings. The van der Waals surface area contributed by atoms with E-state index in [0.717, 1.165) is 10.6 Å². The van der Waals surface area contributed by atoms with Crippen molar-refractivity contribution in [2.24, 2.45) is 0 Å². The van der Waals surface area contributed by atoms with Gasteiger partial charge < -0.3 is 18.7 Å². The van der Waals surface area contributed by atoms with Gasteiger partial charge in [0, 0.05) is 23.9 Å². The van der Waals surface area contributed by atoms with Crippen molar-refractivity contribution < 1.29 is 18.6 Å². The molecule has 1 aliphatic heterocycles. The van der Waals surface area contributed by atoms with E-state index in [1.807, 2.05) is 31.4 Å². The second-order valence-electron chi connectivity index (χ2n) is 6.69. The summed E-state index contributed by atoms with van der Waals surface area (Å²) in [7, 11) is 0. The van der Waals surface area contributed by atoms with Gasteiger partial charge in [-0.1, -0.05) is 30.2 Å². The van der Waals surface area contributed by atoms with Crippen LogP contribution in [0.5, 0.6) is 0 Å². The van der Waals surface area contributed by atoms with Crippen LogP contribution in [-0.2, 0) is 11.2 Å². The Morgan fingerprint density at radius 1 is 1.37 bits per heavy atom. The predicted molar refractivity (Wildman–Crippen MR) is 96.6 cm³/mol. The molecule has 1 saturated heterocycles. The molecule has 0 aromatic carbocycles. The van der Waals surface area contributed by atoms with Crippen molar-refractivity contribution in [3.05, 3.63) is 51.6 Å². The third-order valence-electron chi connectivity index (χ3n) is 4.36. The van der Waals surface area contributed by atoms with Gasteiger partial charge in [-0.15, -0.1) is 11.3 Å². The zero-order valence-electron chi connectivity index (χ0n) is 15.1. The molecule has 1 atom stereocenters. The second-order valence-corrected chi connectivity index (χ2v) is 7.72. The molecule has 0 spiro atoms. The lowest BCUT2D eigenvalue weighted by atomic mass is 10.1. The molecule has 1 amide bonds. The Morgan fingerprint density at radius 3 is 3.00 bits per heavy atom. The SMILES string of the molecule is CC(C)c1cc(C(=O)N2CCO[C@H](c3nc(Cc4cccs4)no3)C2)on1. The van der Waals surface area contributed by atoms with Crippen molar-refractivity contribution in [1.29, 1.82) is 0 Å². The summed E-state index contributed by atoms with van der Waals surface area (Å²) in [4.78, 5) is 20.0. The first kappa shape index (κ1) is 17.9. The molecule has 27 heavy (non-hydrogen) atoms. The van der Waals surface area contributed by atoms with Crippen molar-refractivity contribution in [1.82, 2.24) is 20.2 Å². The molecule has 9 heteroatoms. The maximum Gasteiger partial charge on any atom is 0.292 e. The number of rotatable bonds is 5. The Morgan fingerprint density at radius 2 is 2.26 bits per heavy atom. The fraction of sp³-hybridized carbons (Fsp3) is 0.444. The number of carbonyl (C=O) groups is 1. The van der Waals surface area contributed by atoms with Gasteiger partial charge in [0.25, 0.3) is 11.8 Å². The first-order chi connectivity index (χ1) is 13.1. The van der Waals surface area contributed by atoms with Crippen LogP contribution in [0.25, 0.3) is 0 Å². The lowest BCUT2D eigenvalue weighted by molar-refractivity contribution is -0.0376. The highest BCUT2D eigenvalue weighted by Gasteiger charge is 2.31. The molecule has 3 aromatic rings. The lowest BCUT2D eigenvalue weighted by Gasteiger charge is -2.30. The molecular formula is C18H20N4O4S. The Kier molecular flexibility index (Phi) is 5.04. The number of amides is 1. The first-order valence-corrected chi connectivity index (χ1v) is 9.70. The Labute approximate surface area is 160 Å². The van der Waals surface area contributed by atoms with Gasteiger partial charge in [0.05, 0.1) is 18.8 Å². The maximum atomic E-state index is 12.7. The zero-order valence-corrected chi connectivity index (χ0v) is 15.9. The molecule has 8 nitrogen and oxygen atoms in total. The molecule has 0 aliphatic carbocycles. The average molecular weight is 388 g/mol. The average Bonchev–Trinajstić information content (AvgIpc) is 3.43. The topological polar surface area (TPSA) is 94.5 Å². The van der Waals surface area contributed by atoms with Gasteiger partial charge in [-0.25, -0.2) is 0 Å². The van der Waals surface area contributed by atoms with E-state index in [0.29, 0.717) is 37.8 Å². The van der Waals surface area contributed by atoms with Crippen LogP contribution in [0.1, 0.15) is 58.7 Å². The minimum absolute atomic E-state index is 0.202. The summed E-state index contributed by atoms with van der Waals surface area (Å²) in [6, 6.07) is 5.72. The van der Waals surface area contributed by atoms with Gasteiger partial charge in [0.15, 0.2) is 11.9 Å². The fourth-order valence-electron chi connectivity index (χ4n) is 2.84. The number of nitrogens with zero attached hydrogens (tertiary/aromatic N) is 4. The molecule has 4 heterocycles. The van der Waals surface area contributed by atoms with Crippen LogP contribution in [0.4, 0.5) is 0 Å². The Balaban J connectivity index is 1.43. The minimum Gasteiger partial charge on any atom is -0.365 e. The van der Waals surface area contributed by atoms with E-state index < -0.39 is 6.10 Å². The van der Waals surface area contributed by atoms with Crippen LogP contribution in [-0.4, -0.2) is 45.8 Å². The number of ether oxygens (including phenoxy) is 1. The van der Waals surface area contributed by atoms with Crippen molar-refractivity contribution >= 4 is 17.2 Å². The highest BCUT2D eigenvalue weighted by molar-refractivity contribution is 7.09. The standard InChI is InChI=1S/C18H20N4O4S/c1-11(2)13-9-14(25-20-13)18(23)22-5-6-24-15(10-22)17-19-16(21-26-17)8-12-4-3-7-27-12/h3-4,7,9,11,15H,5-6,8,10H2,1-2H3/t15-/m0/s1. The lowest BCUT2D eigenvalue weighted by Crippen LogP contribution is -2.42. The number of hydrogen-bond donors (Lipinski definition) is 0. The van der Waals surface area contributed by atoms with Crippen LogP contribution in [0.3, 0.4) is 0 Å². The smallest absolute Gasteiger partial charge is 0.292 e. The molecule has 0 unspecified atom stereocenters. The monoisotopic (exact) mass is 388 g/mol. The molecule has 3 aromatic heterocycles. The van der Waals surface area contributed by atoms with Crippen LogP contribution in [0, 0.1) is 0 Å². The highest BCUT2D eigenvalue weighted by Crippen LogP contribution is 2.24. The van der Waals surface area contributed by atoms with E-state index in [9.17, 15) is 4.79 Å². The van der Waals surface area contributed by atoms with Gasteiger partial charge in [0.1, 0.15) is 0 Å². The third-order valence-corrected chi connectivity index (χ3v) is 5.23. The first-order valence-electron chi connectivity index (χ1n) is 8.82. The van der Waals surface area contributed by atoms with Gasteiger partial charge in [-0.05, 0) is 17.4 Å². The molecule has 0 bridgehead atoms. The van der Waals surface area contributed by atoms with E-state index >= 15 is 0 Å². The number of hydrogen-bond acceptors (Lipinski definition) is 8. The molecule has 0 saturated carbocycles. The van der Waals surface area contributed by atoms with Crippen molar-refractivity contribution in [2.45, 2.75) is 32.3 Å².